The Kier molecular flexibility index (Phi) is 3.45. The van der Waals surface area contributed by atoms with Gasteiger partial charge in [-0.1, -0.05) is 24.3 Å². The Morgan fingerprint density at radius 1 is 0.929 bits per heavy atom. The van der Waals surface area contributed by atoms with Crippen molar-refractivity contribution in [3.05, 3.63) is 24.3 Å². The van der Waals surface area contributed by atoms with Crippen LogP contribution in [0.5, 0.6) is 0 Å². The zero-order valence-corrected chi connectivity index (χ0v) is 8.10. The molecule has 0 fully saturated rings. The summed E-state index contributed by atoms with van der Waals surface area (Å²) in [6.45, 7) is 0. The van der Waals surface area contributed by atoms with E-state index in [1.807, 2.05) is 0 Å². The van der Waals surface area contributed by atoms with Gasteiger partial charge in [-0.05, 0) is 0 Å². The van der Waals surface area contributed by atoms with Crippen LogP contribution < -0.4 is 0 Å². The Morgan fingerprint density at radius 2 is 1.29 bits per heavy atom. The number of esters is 2. The van der Waals surface area contributed by atoms with Crippen LogP contribution in [0.4, 0.5) is 0 Å². The van der Waals surface area contributed by atoms with Crippen LogP contribution in [0.15, 0.2) is 24.3 Å². The second kappa shape index (κ2) is 4.60. The Morgan fingerprint density at radius 3 is 1.57 bits per heavy atom. The molecular formula is C10H12O4. The number of carbonyl (C=O) groups excluding carboxylic acids is 2. The van der Waals surface area contributed by atoms with Crippen molar-refractivity contribution in [2.24, 2.45) is 11.8 Å². The van der Waals surface area contributed by atoms with E-state index in [4.69, 9.17) is 0 Å². The lowest BCUT2D eigenvalue weighted by molar-refractivity contribution is -0.153. The van der Waals surface area contributed by atoms with E-state index >= 15 is 0 Å². The standard InChI is InChI=1S/C10H12O4/c1-13-9(11)7-5-3-4-6-8(7)10(12)14-2/h3-8H,1-2H3/t7-,8-/m0/s1. The lowest BCUT2D eigenvalue weighted by Gasteiger charge is -2.19. The van der Waals surface area contributed by atoms with Gasteiger partial charge in [0.1, 0.15) is 0 Å². The Hall–Kier alpha value is -1.58. The van der Waals surface area contributed by atoms with Gasteiger partial charge in [0.2, 0.25) is 0 Å². The van der Waals surface area contributed by atoms with Crippen LogP contribution >= 0.6 is 0 Å². The van der Waals surface area contributed by atoms with Crippen molar-refractivity contribution < 1.29 is 19.1 Å². The van der Waals surface area contributed by atoms with Crippen LogP contribution in [0, 0.1) is 11.8 Å². The Bertz CT molecular complexity index is 260. The van der Waals surface area contributed by atoms with Crippen molar-refractivity contribution >= 4 is 11.9 Å². The first-order chi connectivity index (χ1) is 6.70. The minimum Gasteiger partial charge on any atom is -0.469 e. The van der Waals surface area contributed by atoms with Crippen molar-refractivity contribution in [1.82, 2.24) is 0 Å². The van der Waals surface area contributed by atoms with Crippen LogP contribution in [-0.4, -0.2) is 26.2 Å². The monoisotopic (exact) mass is 196 g/mol. The molecule has 0 bridgehead atoms. The number of hydrogen-bond acceptors (Lipinski definition) is 4. The normalized spacial score (nSPS) is 24.4. The molecule has 1 aliphatic carbocycles. The van der Waals surface area contributed by atoms with Crippen molar-refractivity contribution in [3.63, 3.8) is 0 Å². The average molecular weight is 196 g/mol. The molecule has 1 aliphatic rings. The molecule has 0 spiro atoms. The average Bonchev–Trinajstić information content (AvgIpc) is 2.27. The third kappa shape index (κ3) is 2.02. The molecule has 76 valence electrons. The second-order valence-electron chi connectivity index (χ2n) is 2.87. The first-order valence-electron chi connectivity index (χ1n) is 4.21. The number of hydrogen-bond donors (Lipinski definition) is 0. The number of allylic oxidation sites excluding steroid dienone is 2. The van der Waals surface area contributed by atoms with Gasteiger partial charge in [-0.3, -0.25) is 9.59 Å². The summed E-state index contributed by atoms with van der Waals surface area (Å²) in [5.74, 6) is -2.00. The Labute approximate surface area is 82.2 Å². The molecular weight excluding hydrogens is 184 g/mol. The summed E-state index contributed by atoms with van der Waals surface area (Å²) < 4.78 is 9.17. The first kappa shape index (κ1) is 10.5. The molecule has 4 nitrogen and oxygen atoms in total. The molecule has 0 N–H and O–H groups in total. The molecule has 0 aliphatic heterocycles. The van der Waals surface area contributed by atoms with Crippen molar-refractivity contribution in [2.75, 3.05) is 14.2 Å². The zero-order valence-electron chi connectivity index (χ0n) is 8.10. The highest BCUT2D eigenvalue weighted by atomic mass is 16.5. The number of rotatable bonds is 2. The van der Waals surface area contributed by atoms with Gasteiger partial charge in [0, 0.05) is 0 Å². The van der Waals surface area contributed by atoms with Gasteiger partial charge in [0.05, 0.1) is 26.1 Å². The topological polar surface area (TPSA) is 52.6 Å². The van der Waals surface area contributed by atoms with Crippen LogP contribution in [0.1, 0.15) is 0 Å². The summed E-state index contributed by atoms with van der Waals surface area (Å²) in [6.07, 6.45) is 6.68. The van der Waals surface area contributed by atoms with Gasteiger partial charge in [-0.25, -0.2) is 0 Å². The van der Waals surface area contributed by atoms with E-state index in [1.54, 1.807) is 24.3 Å². The molecule has 0 saturated carbocycles. The highest BCUT2D eigenvalue weighted by Crippen LogP contribution is 2.22. The summed E-state index contributed by atoms with van der Waals surface area (Å²) in [5, 5.41) is 0. The number of ether oxygens (including phenoxy) is 2. The highest BCUT2D eigenvalue weighted by Gasteiger charge is 2.32. The molecule has 0 unspecified atom stereocenters. The maximum Gasteiger partial charge on any atom is 0.313 e. The van der Waals surface area contributed by atoms with Gasteiger partial charge in [0.25, 0.3) is 0 Å². The van der Waals surface area contributed by atoms with E-state index in [-0.39, 0.29) is 0 Å². The molecule has 0 aromatic heterocycles. The van der Waals surface area contributed by atoms with Crippen LogP contribution in [0.25, 0.3) is 0 Å². The zero-order chi connectivity index (χ0) is 10.6. The van der Waals surface area contributed by atoms with Crippen LogP contribution in [-0.2, 0) is 19.1 Å². The summed E-state index contributed by atoms with van der Waals surface area (Å²) in [7, 11) is 2.59. The van der Waals surface area contributed by atoms with E-state index in [2.05, 4.69) is 9.47 Å². The van der Waals surface area contributed by atoms with Crippen molar-refractivity contribution in [3.8, 4) is 0 Å². The number of carbonyl (C=O) groups is 2. The Balaban J connectivity index is 2.81. The summed E-state index contributed by atoms with van der Waals surface area (Å²) in [5.41, 5.74) is 0. The molecule has 4 heteroatoms. The van der Waals surface area contributed by atoms with E-state index in [1.165, 1.54) is 14.2 Å². The summed E-state index contributed by atoms with van der Waals surface area (Å²) in [4.78, 5) is 22.6. The van der Waals surface area contributed by atoms with Gasteiger partial charge >= 0.3 is 11.9 Å². The first-order valence-corrected chi connectivity index (χ1v) is 4.21. The largest absolute Gasteiger partial charge is 0.469 e. The molecule has 0 amide bonds. The van der Waals surface area contributed by atoms with Crippen molar-refractivity contribution in [2.45, 2.75) is 0 Å². The lowest BCUT2D eigenvalue weighted by atomic mass is 9.88. The van der Waals surface area contributed by atoms with Gasteiger partial charge in [0.15, 0.2) is 0 Å². The fourth-order valence-corrected chi connectivity index (χ4v) is 1.33. The summed E-state index contributed by atoms with van der Waals surface area (Å²) >= 11 is 0. The SMILES string of the molecule is COC(=O)[C@H]1C=CC=C[C@@H]1C(=O)OC. The van der Waals surface area contributed by atoms with Crippen LogP contribution in [0.2, 0.25) is 0 Å². The van der Waals surface area contributed by atoms with Gasteiger partial charge < -0.3 is 9.47 Å². The van der Waals surface area contributed by atoms with E-state index in [0.29, 0.717) is 0 Å². The summed E-state index contributed by atoms with van der Waals surface area (Å²) in [6, 6.07) is 0. The predicted molar refractivity (Wildman–Crippen MR) is 49.3 cm³/mol. The third-order valence-corrected chi connectivity index (χ3v) is 2.08. The quantitative estimate of drug-likeness (QED) is 0.610. The third-order valence-electron chi connectivity index (χ3n) is 2.08. The molecule has 2 atom stereocenters. The highest BCUT2D eigenvalue weighted by molar-refractivity contribution is 5.85. The molecule has 0 heterocycles. The molecule has 0 saturated heterocycles. The maximum absolute atomic E-state index is 11.3. The maximum atomic E-state index is 11.3. The van der Waals surface area contributed by atoms with E-state index < -0.39 is 23.8 Å². The molecule has 0 radical (unpaired) electrons. The van der Waals surface area contributed by atoms with E-state index in [0.717, 1.165) is 0 Å². The van der Waals surface area contributed by atoms with Crippen LogP contribution in [0.3, 0.4) is 0 Å². The second-order valence-corrected chi connectivity index (χ2v) is 2.87. The smallest absolute Gasteiger partial charge is 0.313 e. The molecule has 14 heavy (non-hydrogen) atoms. The number of methoxy groups -OCH3 is 2. The molecule has 0 aromatic rings. The molecule has 1 rings (SSSR count). The fourth-order valence-electron chi connectivity index (χ4n) is 1.33. The minimum atomic E-state index is -0.572. The molecule has 0 aromatic carbocycles. The van der Waals surface area contributed by atoms with Crippen molar-refractivity contribution in [1.29, 1.82) is 0 Å². The van der Waals surface area contributed by atoms with Gasteiger partial charge in [-0.15, -0.1) is 0 Å². The predicted octanol–water partition coefficient (Wildman–Crippen LogP) is 0.691. The lowest BCUT2D eigenvalue weighted by Crippen LogP contribution is -2.30. The minimum absolute atomic E-state index is 0.430. The van der Waals surface area contributed by atoms with Gasteiger partial charge in [-0.2, -0.15) is 0 Å². The fraction of sp³-hybridized carbons (Fsp3) is 0.400. The van der Waals surface area contributed by atoms with E-state index in [9.17, 15) is 9.59 Å².